The van der Waals surface area contributed by atoms with Gasteiger partial charge in [0.05, 0.1) is 30.7 Å². The van der Waals surface area contributed by atoms with Crippen LogP contribution in [0.1, 0.15) is 29.8 Å². The predicted molar refractivity (Wildman–Crippen MR) is 120 cm³/mol. The van der Waals surface area contributed by atoms with E-state index in [1.807, 2.05) is 0 Å². The molecule has 1 unspecified atom stereocenters. The molecule has 0 saturated carbocycles. The number of ether oxygens (including phenoxy) is 2. The van der Waals surface area contributed by atoms with Gasteiger partial charge in [-0.05, 0) is 37.6 Å². The number of hydrogen-bond donors (Lipinski definition) is 3. The summed E-state index contributed by atoms with van der Waals surface area (Å²) in [5.41, 5.74) is 4.80. The van der Waals surface area contributed by atoms with E-state index < -0.39 is 54.6 Å². The average molecular weight is 532 g/mol. The molecule has 1 aromatic heterocycles. The molecule has 202 valence electrons. The molecule has 0 radical (unpaired) electrons. The third-order valence-electron chi connectivity index (χ3n) is 5.22. The summed E-state index contributed by atoms with van der Waals surface area (Å²) >= 11 is 0. The Morgan fingerprint density at radius 1 is 1.24 bits per heavy atom. The molecule has 37 heavy (non-hydrogen) atoms. The predicted octanol–water partition coefficient (Wildman–Crippen LogP) is 2.53. The summed E-state index contributed by atoms with van der Waals surface area (Å²) in [4.78, 5) is 29.6. The Hall–Kier alpha value is -3.68. The van der Waals surface area contributed by atoms with Gasteiger partial charge in [-0.3, -0.25) is 9.59 Å². The molecule has 1 saturated heterocycles. The third kappa shape index (κ3) is 7.90. The van der Waals surface area contributed by atoms with E-state index in [0.717, 1.165) is 29.3 Å². The number of anilines is 1. The van der Waals surface area contributed by atoms with E-state index in [-0.39, 0.29) is 30.1 Å². The van der Waals surface area contributed by atoms with Crippen LogP contribution in [0.4, 0.5) is 27.8 Å². The highest BCUT2D eigenvalue weighted by molar-refractivity contribution is 5.94. The minimum absolute atomic E-state index is 0.0411. The van der Waals surface area contributed by atoms with E-state index >= 15 is 0 Å². The van der Waals surface area contributed by atoms with E-state index in [4.69, 9.17) is 10.5 Å². The second-order valence-electron chi connectivity index (χ2n) is 9.11. The number of nitrogens with two attached hydrogens (primary N) is 1. The maximum atomic E-state index is 14.7. The van der Waals surface area contributed by atoms with Crippen molar-refractivity contribution >= 4 is 17.6 Å². The summed E-state index contributed by atoms with van der Waals surface area (Å²) in [6.07, 6.45) is -5.88. The normalized spacial score (nSPS) is 17.4. The Balaban J connectivity index is 1.65. The quantitative estimate of drug-likeness (QED) is 0.446. The molecule has 1 atom stereocenters. The lowest BCUT2D eigenvalue weighted by atomic mass is 10.1. The average Bonchev–Trinajstić information content (AvgIpc) is 3.07. The number of carbonyl (C=O) groups is 2. The Labute approximate surface area is 208 Å². The fraction of sp³-hybridized carbons (Fsp3) is 0.435. The summed E-state index contributed by atoms with van der Waals surface area (Å²) < 4.78 is 75.3. The van der Waals surface area contributed by atoms with Crippen molar-refractivity contribution in [2.75, 3.05) is 25.4 Å². The van der Waals surface area contributed by atoms with Gasteiger partial charge < -0.3 is 30.5 Å². The molecule has 2 heterocycles. The first-order valence-electron chi connectivity index (χ1n) is 11.0. The first kappa shape index (κ1) is 27.9. The number of hydrogen-bond acceptors (Lipinski definition) is 7. The maximum Gasteiger partial charge on any atom is 0.573 e. The number of halogens is 5. The van der Waals surface area contributed by atoms with Gasteiger partial charge in [0.1, 0.15) is 5.75 Å². The van der Waals surface area contributed by atoms with Crippen molar-refractivity contribution in [1.29, 1.82) is 0 Å². The summed E-state index contributed by atoms with van der Waals surface area (Å²) in [5, 5.41) is 12.2. The number of rotatable bonds is 8. The number of pyridine rings is 1. The van der Waals surface area contributed by atoms with E-state index in [0.29, 0.717) is 5.56 Å². The molecule has 0 aliphatic carbocycles. The van der Waals surface area contributed by atoms with Crippen molar-refractivity contribution in [1.82, 2.24) is 15.2 Å². The number of alkyl halides is 5. The Morgan fingerprint density at radius 3 is 2.49 bits per heavy atom. The lowest BCUT2D eigenvalue weighted by Gasteiger charge is -2.20. The zero-order chi connectivity index (χ0) is 27.6. The summed E-state index contributed by atoms with van der Waals surface area (Å²) in [7, 11) is 0. The van der Waals surface area contributed by atoms with Gasteiger partial charge in [-0.2, -0.15) is 0 Å². The largest absolute Gasteiger partial charge is 0.573 e. The molecule has 1 aliphatic heterocycles. The second kappa shape index (κ2) is 10.4. The molecule has 2 aromatic rings. The molecule has 1 aromatic carbocycles. The number of amides is 2. The molecule has 0 spiro atoms. The number of aromatic nitrogens is 1. The number of nitrogen functional groups attached to an aromatic ring is 1. The fourth-order valence-electron chi connectivity index (χ4n) is 3.39. The van der Waals surface area contributed by atoms with Gasteiger partial charge in [-0.1, -0.05) is 12.1 Å². The highest BCUT2D eigenvalue weighted by atomic mass is 19.4. The Kier molecular flexibility index (Phi) is 7.81. The van der Waals surface area contributed by atoms with Crippen molar-refractivity contribution in [3.05, 3.63) is 47.7 Å². The molecule has 1 aliphatic rings. The highest BCUT2D eigenvalue weighted by Gasteiger charge is 2.51. The fourth-order valence-corrected chi connectivity index (χ4v) is 3.39. The van der Waals surface area contributed by atoms with E-state index in [9.17, 15) is 36.6 Å². The molecular weight excluding hydrogens is 507 g/mol. The molecule has 14 heteroatoms. The summed E-state index contributed by atoms with van der Waals surface area (Å²) in [6.45, 7) is 1.42. The molecule has 3 rings (SSSR count). The zero-order valence-electron chi connectivity index (χ0n) is 19.8. The maximum absolute atomic E-state index is 14.7. The smallest absolute Gasteiger partial charge is 0.478 e. The molecular formula is C23H25F5N4O5. The minimum atomic E-state index is -4.87. The molecule has 1 fully saturated rings. The van der Waals surface area contributed by atoms with Crippen LogP contribution in [0.5, 0.6) is 11.5 Å². The van der Waals surface area contributed by atoms with Gasteiger partial charge in [0.2, 0.25) is 5.91 Å². The lowest BCUT2D eigenvalue weighted by Crippen LogP contribution is -2.38. The summed E-state index contributed by atoms with van der Waals surface area (Å²) in [5.74, 6) is -5.81. The number of carbonyl (C=O) groups excluding carboxylic acids is 2. The number of nitrogens with one attached hydrogen (secondary N) is 1. The SMILES string of the molecule is CC(C)(O)CNC(=O)c1cnc(N)c(OC2CN(C(=O)Cc3ccc(OC(F)(F)F)cc3)CC2(F)F)c1. The van der Waals surface area contributed by atoms with Gasteiger partial charge in [0, 0.05) is 12.7 Å². The third-order valence-corrected chi connectivity index (χ3v) is 5.22. The van der Waals surface area contributed by atoms with Gasteiger partial charge in [-0.15, -0.1) is 13.2 Å². The number of benzene rings is 1. The van der Waals surface area contributed by atoms with Crippen molar-refractivity contribution < 1.29 is 46.1 Å². The van der Waals surface area contributed by atoms with Crippen molar-refractivity contribution in [3.63, 3.8) is 0 Å². The second-order valence-corrected chi connectivity index (χ2v) is 9.11. The highest BCUT2D eigenvalue weighted by Crippen LogP contribution is 2.33. The van der Waals surface area contributed by atoms with Crippen LogP contribution in [-0.2, 0) is 11.2 Å². The van der Waals surface area contributed by atoms with E-state index in [1.165, 1.54) is 26.0 Å². The monoisotopic (exact) mass is 532 g/mol. The van der Waals surface area contributed by atoms with Crippen LogP contribution >= 0.6 is 0 Å². The van der Waals surface area contributed by atoms with Crippen LogP contribution in [0.15, 0.2) is 36.5 Å². The minimum Gasteiger partial charge on any atom is -0.478 e. The van der Waals surface area contributed by atoms with Crippen LogP contribution in [0.25, 0.3) is 0 Å². The van der Waals surface area contributed by atoms with Gasteiger partial charge in [0.15, 0.2) is 17.7 Å². The van der Waals surface area contributed by atoms with Crippen LogP contribution in [0.3, 0.4) is 0 Å². The first-order chi connectivity index (χ1) is 17.0. The molecule has 0 bridgehead atoms. The van der Waals surface area contributed by atoms with Gasteiger partial charge >= 0.3 is 12.3 Å². The van der Waals surface area contributed by atoms with Crippen LogP contribution < -0.4 is 20.5 Å². The van der Waals surface area contributed by atoms with Crippen molar-refractivity contribution in [2.24, 2.45) is 0 Å². The van der Waals surface area contributed by atoms with E-state index in [1.54, 1.807) is 0 Å². The zero-order valence-corrected chi connectivity index (χ0v) is 19.8. The van der Waals surface area contributed by atoms with Gasteiger partial charge in [0.25, 0.3) is 5.91 Å². The molecule has 2 amide bonds. The van der Waals surface area contributed by atoms with Crippen LogP contribution in [0.2, 0.25) is 0 Å². The Bertz CT molecular complexity index is 1140. The Morgan fingerprint density at radius 2 is 1.89 bits per heavy atom. The van der Waals surface area contributed by atoms with Crippen molar-refractivity contribution in [3.8, 4) is 11.5 Å². The van der Waals surface area contributed by atoms with Crippen molar-refractivity contribution in [2.45, 2.75) is 44.3 Å². The van der Waals surface area contributed by atoms with Crippen LogP contribution in [0, 0.1) is 0 Å². The lowest BCUT2D eigenvalue weighted by molar-refractivity contribution is -0.274. The van der Waals surface area contributed by atoms with Crippen LogP contribution in [-0.4, -0.2) is 70.4 Å². The topological polar surface area (TPSA) is 127 Å². The number of likely N-dealkylation sites (tertiary alicyclic amines) is 1. The molecule has 9 nitrogen and oxygen atoms in total. The van der Waals surface area contributed by atoms with E-state index in [2.05, 4.69) is 15.0 Å². The first-order valence-corrected chi connectivity index (χ1v) is 11.0. The number of nitrogens with zero attached hydrogens (tertiary/aromatic N) is 2. The number of aliphatic hydroxyl groups is 1. The standard InChI is InChI=1S/C23H25F5N4O5/c1-21(2,35)11-31-20(34)14-8-16(19(29)30-9-14)36-17-10-32(12-22(17,24)25)18(33)7-13-3-5-15(6-4-13)37-23(26,27)28/h3-6,8-9,17,35H,7,10-12H2,1-2H3,(H2,29,30)(H,31,34). The molecule has 4 N–H and O–H groups in total. The van der Waals surface area contributed by atoms with Gasteiger partial charge in [-0.25, -0.2) is 13.8 Å². The summed E-state index contributed by atoms with van der Waals surface area (Å²) in [6, 6.07) is 5.61.